The summed E-state index contributed by atoms with van der Waals surface area (Å²) >= 11 is 11.7. The number of halogens is 2. The van der Waals surface area contributed by atoms with E-state index in [2.05, 4.69) is 15.5 Å². The molecule has 0 saturated carbocycles. The van der Waals surface area contributed by atoms with Gasteiger partial charge in [-0.1, -0.05) is 23.2 Å². The fourth-order valence-corrected chi connectivity index (χ4v) is 2.18. The molecule has 0 aliphatic carbocycles. The summed E-state index contributed by atoms with van der Waals surface area (Å²) in [6, 6.07) is 8.36. The second-order valence-corrected chi connectivity index (χ2v) is 5.30. The van der Waals surface area contributed by atoms with E-state index in [1.807, 2.05) is 28.9 Å². The molecule has 0 atom stereocenters. The van der Waals surface area contributed by atoms with Crippen molar-refractivity contribution in [2.45, 2.75) is 0 Å². The Morgan fingerprint density at radius 1 is 1.23 bits per heavy atom. The van der Waals surface area contributed by atoms with Crippen molar-refractivity contribution < 1.29 is 4.79 Å². The highest BCUT2D eigenvalue weighted by Gasteiger charge is 2.06. The van der Waals surface area contributed by atoms with Crippen molar-refractivity contribution >= 4 is 41.0 Å². The number of carbonyl (C=O) groups is 1. The first kappa shape index (κ1) is 14.6. The summed E-state index contributed by atoms with van der Waals surface area (Å²) in [6.07, 6.45) is 6.95. The van der Waals surface area contributed by atoms with Crippen LogP contribution in [-0.4, -0.2) is 21.5 Å². The number of imidazole rings is 1. The molecular weight excluding hydrogens is 323 g/mol. The predicted octanol–water partition coefficient (Wildman–Crippen LogP) is 3.41. The van der Waals surface area contributed by atoms with Crippen LogP contribution in [0.3, 0.4) is 0 Å². The number of rotatable bonds is 3. The number of nitrogens with zero attached hydrogens (tertiary/aromatic N) is 3. The fourth-order valence-electron chi connectivity index (χ4n) is 1.88. The summed E-state index contributed by atoms with van der Waals surface area (Å²) in [6.45, 7) is 0. The van der Waals surface area contributed by atoms with E-state index < -0.39 is 0 Å². The number of carbonyl (C=O) groups excluding carboxylic acids is 1. The summed E-state index contributed by atoms with van der Waals surface area (Å²) in [7, 11) is 0. The quantitative estimate of drug-likeness (QED) is 0.590. The van der Waals surface area contributed by atoms with Gasteiger partial charge in [-0.3, -0.25) is 4.79 Å². The molecule has 22 heavy (non-hydrogen) atoms. The third kappa shape index (κ3) is 3.10. The van der Waals surface area contributed by atoms with Crippen LogP contribution in [0.15, 0.2) is 54.0 Å². The van der Waals surface area contributed by atoms with Gasteiger partial charge in [-0.15, -0.1) is 0 Å². The van der Waals surface area contributed by atoms with Crippen LogP contribution in [-0.2, 0) is 0 Å². The van der Waals surface area contributed by atoms with E-state index in [1.165, 1.54) is 6.07 Å². The Morgan fingerprint density at radius 2 is 2.09 bits per heavy atom. The average molecular weight is 333 g/mol. The highest BCUT2D eigenvalue weighted by atomic mass is 35.5. The van der Waals surface area contributed by atoms with Gasteiger partial charge >= 0.3 is 0 Å². The molecule has 1 aromatic carbocycles. The maximum Gasteiger partial charge on any atom is 0.271 e. The lowest BCUT2D eigenvalue weighted by Crippen LogP contribution is -2.17. The van der Waals surface area contributed by atoms with Gasteiger partial charge in [0.2, 0.25) is 0 Å². The van der Waals surface area contributed by atoms with Gasteiger partial charge < -0.3 is 4.40 Å². The first-order valence-electron chi connectivity index (χ1n) is 6.35. The van der Waals surface area contributed by atoms with Crippen LogP contribution in [0, 0.1) is 0 Å². The Hall–Kier alpha value is -2.37. The minimum atomic E-state index is -0.362. The number of nitrogens with one attached hydrogen (secondary N) is 1. The molecule has 110 valence electrons. The average Bonchev–Trinajstić information content (AvgIpc) is 2.97. The first-order chi connectivity index (χ1) is 10.6. The van der Waals surface area contributed by atoms with Crippen molar-refractivity contribution in [3.63, 3.8) is 0 Å². The molecule has 7 heteroatoms. The standard InChI is InChI=1S/C15H10Cl2N4O/c16-12-3-2-11(7-13(12)17)15(22)20-19-8-10-1-4-14-18-5-6-21(14)9-10/h1-9H,(H,20,22). The molecule has 0 aliphatic heterocycles. The van der Waals surface area contributed by atoms with Gasteiger partial charge in [-0.25, -0.2) is 10.4 Å². The number of pyridine rings is 1. The van der Waals surface area contributed by atoms with Gasteiger partial charge in [0.25, 0.3) is 5.91 Å². The molecule has 0 saturated heterocycles. The number of hydrazone groups is 1. The lowest BCUT2D eigenvalue weighted by molar-refractivity contribution is 0.0955. The lowest BCUT2D eigenvalue weighted by atomic mass is 10.2. The van der Waals surface area contributed by atoms with Gasteiger partial charge in [0.15, 0.2) is 0 Å². The highest BCUT2D eigenvalue weighted by Crippen LogP contribution is 2.22. The van der Waals surface area contributed by atoms with Crippen LogP contribution in [0.25, 0.3) is 5.65 Å². The normalized spacial score (nSPS) is 11.2. The molecule has 0 spiro atoms. The minimum absolute atomic E-state index is 0.323. The molecule has 0 fully saturated rings. The predicted molar refractivity (Wildman–Crippen MR) is 86.7 cm³/mol. The smallest absolute Gasteiger partial charge is 0.271 e. The van der Waals surface area contributed by atoms with E-state index in [-0.39, 0.29) is 5.91 Å². The molecule has 1 N–H and O–H groups in total. The van der Waals surface area contributed by atoms with Crippen LogP contribution >= 0.6 is 23.2 Å². The molecule has 0 unspecified atom stereocenters. The molecule has 0 bridgehead atoms. The Balaban J connectivity index is 1.70. The minimum Gasteiger partial charge on any atom is -0.306 e. The number of fused-ring (bicyclic) bond motifs is 1. The number of benzene rings is 1. The maximum atomic E-state index is 11.9. The van der Waals surface area contributed by atoms with Crippen LogP contribution in [0.5, 0.6) is 0 Å². The largest absolute Gasteiger partial charge is 0.306 e. The molecule has 2 aromatic heterocycles. The monoisotopic (exact) mass is 332 g/mol. The third-order valence-corrected chi connectivity index (χ3v) is 3.71. The highest BCUT2D eigenvalue weighted by molar-refractivity contribution is 6.42. The molecule has 5 nitrogen and oxygen atoms in total. The van der Waals surface area contributed by atoms with Crippen molar-refractivity contribution in [2.75, 3.05) is 0 Å². The summed E-state index contributed by atoms with van der Waals surface area (Å²) in [4.78, 5) is 16.1. The van der Waals surface area contributed by atoms with E-state index in [1.54, 1.807) is 24.5 Å². The Kier molecular flexibility index (Phi) is 4.09. The Bertz CT molecular complexity index is 873. The SMILES string of the molecule is O=C(NN=Cc1ccc2nccn2c1)c1ccc(Cl)c(Cl)c1. The molecule has 3 rings (SSSR count). The first-order valence-corrected chi connectivity index (χ1v) is 7.10. The van der Waals surface area contributed by atoms with Gasteiger partial charge in [0.1, 0.15) is 5.65 Å². The summed E-state index contributed by atoms with van der Waals surface area (Å²) in [5, 5.41) is 4.65. The van der Waals surface area contributed by atoms with Crippen LogP contribution in [0.4, 0.5) is 0 Å². The molecule has 0 aliphatic rings. The number of hydrogen-bond donors (Lipinski definition) is 1. The summed E-state index contributed by atoms with van der Waals surface area (Å²) in [5.74, 6) is -0.362. The topological polar surface area (TPSA) is 58.8 Å². The van der Waals surface area contributed by atoms with E-state index in [9.17, 15) is 4.79 Å². The third-order valence-electron chi connectivity index (χ3n) is 2.97. The van der Waals surface area contributed by atoms with Crippen LogP contribution in [0.1, 0.15) is 15.9 Å². The summed E-state index contributed by atoms with van der Waals surface area (Å²) in [5.41, 5.74) is 4.50. The molecule has 3 aromatic rings. The van der Waals surface area contributed by atoms with E-state index in [4.69, 9.17) is 23.2 Å². The number of amides is 1. The van der Waals surface area contributed by atoms with E-state index >= 15 is 0 Å². The van der Waals surface area contributed by atoms with Crippen molar-refractivity contribution in [3.8, 4) is 0 Å². The second-order valence-electron chi connectivity index (χ2n) is 4.48. The van der Waals surface area contributed by atoms with Crippen molar-refractivity contribution in [3.05, 3.63) is 70.1 Å². The molecule has 0 radical (unpaired) electrons. The van der Waals surface area contributed by atoms with Crippen molar-refractivity contribution in [1.29, 1.82) is 0 Å². The Labute approximate surface area is 136 Å². The lowest BCUT2D eigenvalue weighted by Gasteiger charge is -2.02. The molecule has 2 heterocycles. The zero-order chi connectivity index (χ0) is 15.5. The van der Waals surface area contributed by atoms with Crippen molar-refractivity contribution in [1.82, 2.24) is 14.8 Å². The summed E-state index contributed by atoms with van der Waals surface area (Å²) < 4.78 is 1.86. The maximum absolute atomic E-state index is 11.9. The zero-order valence-electron chi connectivity index (χ0n) is 11.2. The van der Waals surface area contributed by atoms with Crippen molar-refractivity contribution in [2.24, 2.45) is 5.10 Å². The molecule has 1 amide bonds. The van der Waals surface area contributed by atoms with Gasteiger partial charge in [-0.05, 0) is 30.3 Å². The van der Waals surface area contributed by atoms with Gasteiger partial charge in [0, 0.05) is 29.7 Å². The Morgan fingerprint density at radius 3 is 2.91 bits per heavy atom. The zero-order valence-corrected chi connectivity index (χ0v) is 12.7. The van der Waals surface area contributed by atoms with E-state index in [0.29, 0.717) is 15.6 Å². The van der Waals surface area contributed by atoms with Gasteiger partial charge in [0.05, 0.1) is 16.3 Å². The second kappa shape index (κ2) is 6.17. The number of hydrogen-bond acceptors (Lipinski definition) is 3. The van der Waals surface area contributed by atoms with E-state index in [0.717, 1.165) is 11.2 Å². The van der Waals surface area contributed by atoms with Crippen LogP contribution < -0.4 is 5.43 Å². The fraction of sp³-hybridized carbons (Fsp3) is 0. The molecular formula is C15H10Cl2N4O. The van der Waals surface area contributed by atoms with Crippen LogP contribution in [0.2, 0.25) is 10.0 Å². The number of aromatic nitrogens is 2. The van der Waals surface area contributed by atoms with Gasteiger partial charge in [-0.2, -0.15) is 5.10 Å².